The minimum Gasteiger partial charge on any atom is -0.492 e. The van der Waals surface area contributed by atoms with Gasteiger partial charge in [-0.3, -0.25) is 10.1 Å². The third kappa shape index (κ3) is 8.29. The second-order valence-electron chi connectivity index (χ2n) is 9.63. The molecule has 1 fully saturated rings. The van der Waals surface area contributed by atoms with Gasteiger partial charge >= 0.3 is 12.0 Å². The Hall–Kier alpha value is -1.97. The molecule has 1 aromatic heterocycles. The number of para-hydroxylation sites is 1. The number of carbonyl (C=O) groups is 2. The van der Waals surface area contributed by atoms with Crippen LogP contribution >= 0.6 is 34.7 Å². The van der Waals surface area contributed by atoms with E-state index in [9.17, 15) is 14.7 Å². The van der Waals surface area contributed by atoms with Crippen molar-refractivity contribution in [2.24, 2.45) is 11.3 Å². The summed E-state index contributed by atoms with van der Waals surface area (Å²) in [5.41, 5.74) is -0.834. The highest BCUT2D eigenvalue weighted by Crippen LogP contribution is 2.34. The molecule has 2 amide bonds. The number of amides is 2. The minimum absolute atomic E-state index is 0.154. The van der Waals surface area contributed by atoms with Gasteiger partial charge in [0, 0.05) is 18.3 Å². The van der Waals surface area contributed by atoms with Gasteiger partial charge in [-0.05, 0) is 64.0 Å². The molecule has 0 bridgehead atoms. The number of nitrogens with zero attached hydrogens (tertiary/aromatic N) is 2. The number of carboxylic acids is 1. The molecule has 0 radical (unpaired) electrons. The standard InChI is InChI=1S/C25H34ClN3O4S2/c1-17-9-11-18(12-10-17)29(13-6-14-33-20-8-5-4-7-19(20)26)24(32)28-23-27-15-21(35-23)34-16-25(2,3)22(30)31/h4-5,7-8,15,17-18H,6,9-14,16H2,1-3H3,(H,30,31)(H,27,28,32)/t17-,18-. The fourth-order valence-corrected chi connectivity index (χ4v) is 5.98. The average Bonchev–Trinajstić information content (AvgIpc) is 3.27. The van der Waals surface area contributed by atoms with Crippen molar-refractivity contribution in [2.45, 2.75) is 63.1 Å². The van der Waals surface area contributed by atoms with Gasteiger partial charge in [0.05, 0.1) is 27.5 Å². The number of carbonyl (C=O) groups excluding carboxylic acids is 1. The molecule has 1 saturated carbocycles. The highest BCUT2D eigenvalue weighted by atomic mass is 35.5. The van der Waals surface area contributed by atoms with Crippen LogP contribution in [0.25, 0.3) is 0 Å². The van der Waals surface area contributed by atoms with Crippen molar-refractivity contribution < 1.29 is 19.4 Å². The number of thioether (sulfide) groups is 1. The van der Waals surface area contributed by atoms with E-state index in [2.05, 4.69) is 17.2 Å². The Kier molecular flexibility index (Phi) is 10.1. The number of aromatic nitrogens is 1. The monoisotopic (exact) mass is 539 g/mol. The summed E-state index contributed by atoms with van der Waals surface area (Å²) in [5, 5.41) is 13.4. The predicted octanol–water partition coefficient (Wildman–Crippen LogP) is 6.88. The zero-order valence-electron chi connectivity index (χ0n) is 20.5. The zero-order valence-corrected chi connectivity index (χ0v) is 22.8. The van der Waals surface area contributed by atoms with E-state index in [0.29, 0.717) is 47.1 Å². The largest absolute Gasteiger partial charge is 0.492 e. The van der Waals surface area contributed by atoms with Crippen molar-refractivity contribution in [2.75, 3.05) is 24.2 Å². The maximum Gasteiger partial charge on any atom is 0.323 e. The number of thiazole rings is 1. The van der Waals surface area contributed by atoms with Crippen molar-refractivity contribution >= 4 is 51.8 Å². The van der Waals surface area contributed by atoms with Crippen LogP contribution in [0.2, 0.25) is 5.02 Å². The Labute approximate surface area is 220 Å². The Morgan fingerprint density at radius 1 is 1.29 bits per heavy atom. The minimum atomic E-state index is -0.834. The molecular weight excluding hydrogens is 506 g/mol. The van der Waals surface area contributed by atoms with Gasteiger partial charge < -0.3 is 14.7 Å². The normalized spacial score (nSPS) is 18.2. The average molecular weight is 540 g/mol. The molecule has 2 aromatic rings. The maximum absolute atomic E-state index is 13.3. The smallest absolute Gasteiger partial charge is 0.323 e. The number of nitrogens with one attached hydrogen (secondary N) is 1. The van der Waals surface area contributed by atoms with Crippen LogP contribution in [0.15, 0.2) is 34.7 Å². The second-order valence-corrected chi connectivity index (χ2v) is 12.3. The van der Waals surface area contributed by atoms with Crippen LogP contribution in [-0.2, 0) is 4.79 Å². The van der Waals surface area contributed by atoms with E-state index >= 15 is 0 Å². The third-order valence-corrected chi connectivity index (χ3v) is 9.06. The van der Waals surface area contributed by atoms with Gasteiger partial charge in [0.2, 0.25) is 0 Å². The lowest BCUT2D eigenvalue weighted by Gasteiger charge is -2.36. The first-order chi connectivity index (χ1) is 16.7. The molecule has 35 heavy (non-hydrogen) atoms. The van der Waals surface area contributed by atoms with Gasteiger partial charge in [-0.2, -0.15) is 0 Å². The van der Waals surface area contributed by atoms with E-state index in [-0.39, 0.29) is 12.1 Å². The molecule has 0 unspecified atom stereocenters. The number of rotatable bonds is 11. The van der Waals surface area contributed by atoms with Crippen LogP contribution in [0.4, 0.5) is 9.93 Å². The lowest BCUT2D eigenvalue weighted by molar-refractivity contribution is -0.145. The van der Waals surface area contributed by atoms with E-state index < -0.39 is 11.4 Å². The van der Waals surface area contributed by atoms with Crippen LogP contribution in [-0.4, -0.2) is 51.9 Å². The lowest BCUT2D eigenvalue weighted by Crippen LogP contribution is -2.45. The quantitative estimate of drug-likeness (QED) is 0.239. The van der Waals surface area contributed by atoms with Crippen molar-refractivity contribution in [3.63, 3.8) is 0 Å². The van der Waals surface area contributed by atoms with Gasteiger partial charge in [0.15, 0.2) is 5.13 Å². The number of halogens is 1. The summed E-state index contributed by atoms with van der Waals surface area (Å²) in [7, 11) is 0. The number of benzene rings is 1. The van der Waals surface area contributed by atoms with Crippen LogP contribution in [0.3, 0.4) is 0 Å². The number of urea groups is 1. The SMILES string of the molecule is CC(C)(CSc1cnc(NC(=O)N(CCCOc2ccccc2Cl)[C@H]2CC[C@H](C)CC2)s1)C(=O)O. The first-order valence-electron chi connectivity index (χ1n) is 11.9. The van der Waals surface area contributed by atoms with E-state index in [1.807, 2.05) is 23.1 Å². The lowest BCUT2D eigenvalue weighted by atomic mass is 9.86. The molecule has 0 saturated heterocycles. The van der Waals surface area contributed by atoms with Gasteiger partial charge in [0.1, 0.15) is 5.75 Å². The van der Waals surface area contributed by atoms with E-state index in [0.717, 1.165) is 29.9 Å². The summed E-state index contributed by atoms with van der Waals surface area (Å²) >= 11 is 8.98. The predicted molar refractivity (Wildman–Crippen MR) is 143 cm³/mol. The molecule has 1 aliphatic carbocycles. The molecule has 7 nitrogen and oxygen atoms in total. The Balaban J connectivity index is 1.57. The first-order valence-corrected chi connectivity index (χ1v) is 14.1. The van der Waals surface area contributed by atoms with Gasteiger partial charge in [-0.15, -0.1) is 11.8 Å². The van der Waals surface area contributed by atoms with Gasteiger partial charge in [0.25, 0.3) is 0 Å². The number of hydrogen-bond acceptors (Lipinski definition) is 6. The number of ether oxygens (including phenoxy) is 1. The molecule has 0 atom stereocenters. The number of hydrogen-bond donors (Lipinski definition) is 2. The summed E-state index contributed by atoms with van der Waals surface area (Å²) < 4.78 is 6.69. The Morgan fingerprint density at radius 2 is 2.00 bits per heavy atom. The number of anilines is 1. The highest BCUT2D eigenvalue weighted by Gasteiger charge is 2.29. The van der Waals surface area contributed by atoms with E-state index in [1.54, 1.807) is 26.1 Å². The third-order valence-electron chi connectivity index (χ3n) is 6.18. The number of aliphatic carboxylic acids is 1. The Morgan fingerprint density at radius 3 is 2.69 bits per heavy atom. The molecule has 0 aliphatic heterocycles. The molecule has 10 heteroatoms. The molecule has 2 N–H and O–H groups in total. The van der Waals surface area contributed by atoms with Gasteiger partial charge in [-0.1, -0.05) is 42.0 Å². The maximum atomic E-state index is 13.3. The molecule has 1 heterocycles. The second kappa shape index (κ2) is 12.8. The molecular formula is C25H34ClN3O4S2. The number of carboxylic acid groups (broad SMARTS) is 1. The molecule has 3 rings (SSSR count). The van der Waals surface area contributed by atoms with Crippen molar-refractivity contribution in [3.05, 3.63) is 35.5 Å². The summed E-state index contributed by atoms with van der Waals surface area (Å²) in [4.78, 5) is 30.9. The van der Waals surface area contributed by atoms with E-state index in [4.69, 9.17) is 16.3 Å². The molecule has 1 aromatic carbocycles. The van der Waals surface area contributed by atoms with Crippen LogP contribution < -0.4 is 10.1 Å². The van der Waals surface area contributed by atoms with Crippen LogP contribution in [0.5, 0.6) is 5.75 Å². The topological polar surface area (TPSA) is 91.8 Å². The summed E-state index contributed by atoms with van der Waals surface area (Å²) in [6.07, 6.45) is 6.58. The van der Waals surface area contributed by atoms with Gasteiger partial charge in [-0.25, -0.2) is 9.78 Å². The van der Waals surface area contributed by atoms with Crippen molar-refractivity contribution in [1.82, 2.24) is 9.88 Å². The fourth-order valence-electron chi connectivity index (χ4n) is 3.84. The van der Waals surface area contributed by atoms with Crippen molar-refractivity contribution in [3.8, 4) is 5.75 Å². The first kappa shape index (κ1) is 27.6. The van der Waals surface area contributed by atoms with Crippen molar-refractivity contribution in [1.29, 1.82) is 0 Å². The van der Waals surface area contributed by atoms with Crippen LogP contribution in [0.1, 0.15) is 52.9 Å². The zero-order chi connectivity index (χ0) is 25.4. The molecule has 0 spiro atoms. The summed E-state index contributed by atoms with van der Waals surface area (Å²) in [5.74, 6) is 0.929. The summed E-state index contributed by atoms with van der Waals surface area (Å²) in [6, 6.07) is 7.42. The molecule has 1 aliphatic rings. The summed E-state index contributed by atoms with van der Waals surface area (Å²) in [6.45, 7) is 6.70. The van der Waals surface area contributed by atoms with E-state index in [1.165, 1.54) is 23.1 Å². The fraction of sp³-hybridized carbons (Fsp3) is 0.560. The van der Waals surface area contributed by atoms with Crippen LogP contribution in [0, 0.1) is 11.3 Å². The Bertz CT molecular complexity index is 993. The molecule has 192 valence electrons. The highest BCUT2D eigenvalue weighted by molar-refractivity contribution is 8.01.